The lowest BCUT2D eigenvalue weighted by molar-refractivity contribution is -0.137. The van der Waals surface area contributed by atoms with Crippen LogP contribution in [0, 0.1) is 0 Å². The molecule has 0 aliphatic carbocycles. The molecule has 0 saturated carbocycles. The third-order valence-electron chi connectivity index (χ3n) is 4.30. The van der Waals surface area contributed by atoms with E-state index in [-0.39, 0.29) is 5.69 Å². The van der Waals surface area contributed by atoms with Crippen molar-refractivity contribution in [1.82, 2.24) is 0 Å². The van der Waals surface area contributed by atoms with Crippen LogP contribution in [0.1, 0.15) is 24.5 Å². The molecule has 0 fully saturated rings. The number of benzene rings is 2. The van der Waals surface area contributed by atoms with E-state index in [1.165, 1.54) is 12.1 Å². The van der Waals surface area contributed by atoms with Gasteiger partial charge in [0, 0.05) is 12.2 Å². The van der Waals surface area contributed by atoms with Crippen LogP contribution in [0.4, 0.5) is 30.2 Å². The predicted octanol–water partition coefficient (Wildman–Crippen LogP) is 5.30. The number of amides is 1. The molecule has 1 N–H and O–H groups in total. The first-order valence-electron chi connectivity index (χ1n) is 8.40. The summed E-state index contributed by atoms with van der Waals surface area (Å²) in [7, 11) is 0. The van der Waals surface area contributed by atoms with Crippen LogP contribution >= 0.6 is 0 Å². The van der Waals surface area contributed by atoms with Crippen molar-refractivity contribution in [2.75, 3.05) is 16.8 Å². The third-order valence-corrected chi connectivity index (χ3v) is 4.30. The highest BCUT2D eigenvalue weighted by Gasteiger charge is 2.32. The number of hydrogen-bond donors (Lipinski definition) is 1. The number of fused-ring (bicyclic) bond motifs is 1. The maximum atomic E-state index is 13.1. The molecule has 1 aliphatic heterocycles. The fourth-order valence-corrected chi connectivity index (χ4v) is 3.16. The van der Waals surface area contributed by atoms with E-state index >= 15 is 0 Å². The van der Waals surface area contributed by atoms with Gasteiger partial charge >= 0.3 is 6.18 Å². The van der Waals surface area contributed by atoms with Crippen LogP contribution in [-0.2, 0) is 17.4 Å². The lowest BCUT2D eigenvalue weighted by Gasteiger charge is -2.33. The van der Waals surface area contributed by atoms with Crippen molar-refractivity contribution < 1.29 is 18.0 Å². The topological polar surface area (TPSA) is 32.3 Å². The Bertz CT molecular complexity index is 843. The number of nitrogens with zero attached hydrogens (tertiary/aromatic N) is 1. The highest BCUT2D eigenvalue weighted by Crippen LogP contribution is 2.40. The molecule has 6 heteroatoms. The van der Waals surface area contributed by atoms with E-state index in [1.54, 1.807) is 13.0 Å². The molecule has 0 radical (unpaired) electrons. The summed E-state index contributed by atoms with van der Waals surface area (Å²) in [6, 6.07) is 11.3. The molecule has 26 heavy (non-hydrogen) atoms. The molecule has 3 nitrogen and oxygen atoms in total. The molecule has 0 atom stereocenters. The Balaban J connectivity index is 2.08. The summed E-state index contributed by atoms with van der Waals surface area (Å²) in [6.45, 7) is 2.35. The second-order valence-electron chi connectivity index (χ2n) is 6.10. The number of anilines is 3. The SMILES string of the molecule is C/C=C/C(=O)Nc1cc(C(F)(F)F)ccc1N1CCCc2ccccc21. The number of carbonyl (C=O) groups is 1. The van der Waals surface area contributed by atoms with E-state index in [0.29, 0.717) is 12.2 Å². The summed E-state index contributed by atoms with van der Waals surface area (Å²) in [5.41, 5.74) is 2.02. The Hall–Kier alpha value is -2.76. The predicted molar refractivity (Wildman–Crippen MR) is 96.7 cm³/mol. The first kappa shape index (κ1) is 18.0. The van der Waals surface area contributed by atoms with E-state index in [9.17, 15) is 18.0 Å². The third kappa shape index (κ3) is 3.74. The van der Waals surface area contributed by atoms with Gasteiger partial charge in [-0.3, -0.25) is 4.79 Å². The standard InChI is InChI=1S/C20H19F3N2O/c1-2-6-19(26)24-16-13-15(20(21,22)23)10-11-18(16)25-12-5-8-14-7-3-4-9-17(14)25/h2-4,6-7,9-11,13H,5,8,12H2,1H3,(H,24,26)/b6-2+. The molecule has 0 spiro atoms. The lowest BCUT2D eigenvalue weighted by atomic mass is 10.0. The van der Waals surface area contributed by atoms with Crippen LogP contribution < -0.4 is 10.2 Å². The van der Waals surface area contributed by atoms with Crippen molar-refractivity contribution >= 4 is 23.0 Å². The van der Waals surface area contributed by atoms with Crippen LogP contribution in [0.15, 0.2) is 54.6 Å². The van der Waals surface area contributed by atoms with Crippen LogP contribution in [0.2, 0.25) is 0 Å². The van der Waals surface area contributed by atoms with E-state index < -0.39 is 17.6 Å². The number of halogens is 3. The van der Waals surface area contributed by atoms with Crippen LogP contribution in [0.3, 0.4) is 0 Å². The van der Waals surface area contributed by atoms with Gasteiger partial charge in [0.1, 0.15) is 0 Å². The molecule has 0 aromatic heterocycles. The first-order valence-corrected chi connectivity index (χ1v) is 8.40. The highest BCUT2D eigenvalue weighted by atomic mass is 19.4. The van der Waals surface area contributed by atoms with Crippen LogP contribution in [0.5, 0.6) is 0 Å². The molecule has 2 aromatic rings. The first-order chi connectivity index (χ1) is 12.4. The summed E-state index contributed by atoms with van der Waals surface area (Å²) in [5, 5.41) is 2.58. The molecule has 136 valence electrons. The average molecular weight is 360 g/mol. The quantitative estimate of drug-likeness (QED) is 0.753. The molecular weight excluding hydrogens is 341 g/mol. The summed E-state index contributed by atoms with van der Waals surface area (Å²) >= 11 is 0. The highest BCUT2D eigenvalue weighted by molar-refractivity contribution is 6.02. The summed E-state index contributed by atoms with van der Waals surface area (Å²) < 4.78 is 39.4. The van der Waals surface area contributed by atoms with E-state index in [2.05, 4.69) is 5.32 Å². The van der Waals surface area contributed by atoms with Crippen molar-refractivity contribution in [1.29, 1.82) is 0 Å². The van der Waals surface area contributed by atoms with E-state index in [0.717, 1.165) is 36.2 Å². The molecule has 0 bridgehead atoms. The molecule has 1 aliphatic rings. The molecule has 1 amide bonds. The molecule has 1 heterocycles. The van der Waals surface area contributed by atoms with Crippen LogP contribution in [0.25, 0.3) is 0 Å². The molecule has 0 unspecified atom stereocenters. The number of rotatable bonds is 3. The average Bonchev–Trinajstić information content (AvgIpc) is 2.61. The van der Waals surface area contributed by atoms with Crippen molar-refractivity contribution in [2.24, 2.45) is 0 Å². The van der Waals surface area contributed by atoms with Gasteiger partial charge in [-0.1, -0.05) is 24.3 Å². The summed E-state index contributed by atoms with van der Waals surface area (Å²) in [4.78, 5) is 13.9. The van der Waals surface area contributed by atoms with Gasteiger partial charge in [-0.05, 0) is 55.7 Å². The van der Waals surface area contributed by atoms with Gasteiger partial charge in [-0.15, -0.1) is 0 Å². The van der Waals surface area contributed by atoms with Crippen molar-refractivity contribution in [3.8, 4) is 0 Å². The van der Waals surface area contributed by atoms with Gasteiger partial charge < -0.3 is 10.2 Å². The Morgan fingerprint density at radius 1 is 1.15 bits per heavy atom. The zero-order chi connectivity index (χ0) is 18.7. The number of allylic oxidation sites excluding steroid dienone is 1. The molecule has 2 aromatic carbocycles. The smallest absolute Gasteiger partial charge is 0.340 e. The number of nitrogens with one attached hydrogen (secondary N) is 1. The molecule has 0 saturated heterocycles. The Morgan fingerprint density at radius 2 is 1.92 bits per heavy atom. The number of hydrogen-bond acceptors (Lipinski definition) is 2. The maximum Gasteiger partial charge on any atom is 0.416 e. The Labute approximate surface area is 150 Å². The van der Waals surface area contributed by atoms with E-state index in [1.807, 2.05) is 29.2 Å². The zero-order valence-electron chi connectivity index (χ0n) is 14.3. The van der Waals surface area contributed by atoms with Gasteiger partial charge in [0.25, 0.3) is 0 Å². The second-order valence-corrected chi connectivity index (χ2v) is 6.10. The maximum absolute atomic E-state index is 13.1. The molecular formula is C20H19F3N2O. The Kier molecular flexibility index (Phi) is 5.02. The van der Waals surface area contributed by atoms with E-state index in [4.69, 9.17) is 0 Å². The monoisotopic (exact) mass is 360 g/mol. The molecule has 3 rings (SSSR count). The fourth-order valence-electron chi connectivity index (χ4n) is 3.16. The summed E-state index contributed by atoms with van der Waals surface area (Å²) in [6.07, 6.45) is 0.166. The number of carbonyl (C=O) groups excluding carboxylic acids is 1. The van der Waals surface area contributed by atoms with Gasteiger partial charge in [-0.25, -0.2) is 0 Å². The van der Waals surface area contributed by atoms with Gasteiger partial charge in [0.05, 0.1) is 16.9 Å². The minimum atomic E-state index is -4.47. The largest absolute Gasteiger partial charge is 0.416 e. The Morgan fingerprint density at radius 3 is 2.65 bits per heavy atom. The second kappa shape index (κ2) is 7.23. The number of aryl methyl sites for hydroxylation is 1. The number of alkyl halides is 3. The zero-order valence-corrected chi connectivity index (χ0v) is 14.3. The minimum absolute atomic E-state index is 0.152. The normalized spacial score (nSPS) is 14.4. The van der Waals surface area contributed by atoms with Crippen molar-refractivity contribution in [3.05, 3.63) is 65.7 Å². The fraction of sp³-hybridized carbons (Fsp3) is 0.250. The van der Waals surface area contributed by atoms with Crippen molar-refractivity contribution in [2.45, 2.75) is 25.9 Å². The van der Waals surface area contributed by atoms with Gasteiger partial charge in [-0.2, -0.15) is 13.2 Å². The van der Waals surface area contributed by atoms with Gasteiger partial charge in [0.15, 0.2) is 0 Å². The summed E-state index contributed by atoms with van der Waals surface area (Å²) in [5.74, 6) is -0.460. The number of para-hydroxylation sites is 1. The van der Waals surface area contributed by atoms with Crippen molar-refractivity contribution in [3.63, 3.8) is 0 Å². The van der Waals surface area contributed by atoms with Gasteiger partial charge in [0.2, 0.25) is 5.91 Å². The minimum Gasteiger partial charge on any atom is -0.340 e. The van der Waals surface area contributed by atoms with Crippen LogP contribution in [-0.4, -0.2) is 12.5 Å². The lowest BCUT2D eigenvalue weighted by Crippen LogP contribution is -2.26.